The average molecular weight is 352 g/mol. The Morgan fingerprint density at radius 3 is 2.24 bits per heavy atom. The van der Waals surface area contributed by atoms with Crippen molar-refractivity contribution in [1.29, 1.82) is 0 Å². The predicted octanol–water partition coefficient (Wildman–Crippen LogP) is 2.80. The summed E-state index contributed by atoms with van der Waals surface area (Å²) >= 11 is 0. The van der Waals surface area contributed by atoms with E-state index in [9.17, 15) is 14.4 Å². The highest BCUT2D eigenvalue weighted by Crippen LogP contribution is 2.38. The Balaban J connectivity index is 1.90. The Hall–Kier alpha value is -1.85. The summed E-state index contributed by atoms with van der Waals surface area (Å²) in [6.45, 7) is 11.5. The molecule has 1 saturated heterocycles. The lowest BCUT2D eigenvalue weighted by Gasteiger charge is -2.36. The van der Waals surface area contributed by atoms with E-state index in [4.69, 9.17) is 14.2 Å². The third kappa shape index (κ3) is 4.83. The highest BCUT2D eigenvalue weighted by Gasteiger charge is 2.46. The smallest absolute Gasteiger partial charge is 0.348 e. The molecular weight excluding hydrogens is 324 g/mol. The first kappa shape index (κ1) is 19.5. The van der Waals surface area contributed by atoms with E-state index in [0.29, 0.717) is 5.92 Å². The molecule has 0 radical (unpaired) electrons. The van der Waals surface area contributed by atoms with Gasteiger partial charge < -0.3 is 14.2 Å². The molecule has 0 aromatic heterocycles. The summed E-state index contributed by atoms with van der Waals surface area (Å²) in [4.78, 5) is 35.8. The maximum Gasteiger partial charge on any atom is 0.348 e. The van der Waals surface area contributed by atoms with Gasteiger partial charge in [-0.15, -0.1) is 0 Å². The Bertz CT molecular complexity index is 551. The van der Waals surface area contributed by atoms with Gasteiger partial charge in [-0.25, -0.2) is 9.59 Å². The summed E-state index contributed by atoms with van der Waals surface area (Å²) in [5.41, 5.74) is 0.412. The Kier molecular flexibility index (Phi) is 5.91. The Labute approximate surface area is 148 Å². The largest absolute Gasteiger partial charge is 0.462 e. The molecule has 0 aromatic carbocycles. The lowest BCUT2D eigenvalue weighted by atomic mass is 9.72. The number of rotatable bonds is 4. The van der Waals surface area contributed by atoms with Gasteiger partial charge in [0.15, 0.2) is 0 Å². The molecule has 1 saturated carbocycles. The van der Waals surface area contributed by atoms with E-state index < -0.39 is 29.9 Å². The summed E-state index contributed by atoms with van der Waals surface area (Å²) in [5, 5.41) is 0. The Morgan fingerprint density at radius 2 is 1.72 bits per heavy atom. The van der Waals surface area contributed by atoms with Gasteiger partial charge in [-0.1, -0.05) is 27.4 Å². The average Bonchev–Trinajstić information content (AvgIpc) is 2.88. The van der Waals surface area contributed by atoms with E-state index in [2.05, 4.69) is 27.4 Å². The van der Waals surface area contributed by atoms with Crippen molar-refractivity contribution in [2.24, 2.45) is 17.3 Å². The van der Waals surface area contributed by atoms with Gasteiger partial charge in [0.2, 0.25) is 6.10 Å². The van der Waals surface area contributed by atoms with Crippen LogP contribution in [-0.4, -0.2) is 36.7 Å². The second-order valence-electron chi connectivity index (χ2n) is 8.12. The van der Waals surface area contributed by atoms with Gasteiger partial charge in [0.25, 0.3) is 0 Å². The van der Waals surface area contributed by atoms with Crippen molar-refractivity contribution in [2.75, 3.05) is 6.61 Å². The maximum atomic E-state index is 12.4. The van der Waals surface area contributed by atoms with Crippen LogP contribution in [0, 0.1) is 17.3 Å². The molecular formula is C19H28O6. The van der Waals surface area contributed by atoms with E-state index in [1.165, 1.54) is 6.92 Å². The number of cyclic esters (lactones) is 1. The SMILES string of the molecule is C=C(C)C(=O)OC1C(=O)OCC1C(=O)OC1CCC(C(C)(C)C)CC1. The monoisotopic (exact) mass is 352 g/mol. The zero-order valence-corrected chi connectivity index (χ0v) is 15.5. The normalized spacial score (nSPS) is 29.7. The summed E-state index contributed by atoms with van der Waals surface area (Å²) < 4.78 is 15.5. The van der Waals surface area contributed by atoms with Crippen LogP contribution >= 0.6 is 0 Å². The molecule has 2 aliphatic rings. The molecule has 6 nitrogen and oxygen atoms in total. The molecule has 0 N–H and O–H groups in total. The van der Waals surface area contributed by atoms with Gasteiger partial charge in [-0.3, -0.25) is 4.79 Å². The highest BCUT2D eigenvalue weighted by molar-refractivity contribution is 5.92. The summed E-state index contributed by atoms with van der Waals surface area (Å²) in [6.07, 6.45) is 2.24. The predicted molar refractivity (Wildman–Crippen MR) is 90.4 cm³/mol. The molecule has 0 aromatic rings. The molecule has 140 valence electrons. The molecule has 2 atom stereocenters. The van der Waals surface area contributed by atoms with Crippen LogP contribution in [-0.2, 0) is 28.6 Å². The van der Waals surface area contributed by atoms with Gasteiger partial charge in [0.05, 0.1) is 0 Å². The number of hydrogen-bond acceptors (Lipinski definition) is 6. The van der Waals surface area contributed by atoms with Crippen LogP contribution in [0.25, 0.3) is 0 Å². The zero-order valence-electron chi connectivity index (χ0n) is 15.5. The summed E-state index contributed by atoms with van der Waals surface area (Å²) in [6, 6.07) is 0. The molecule has 1 aliphatic heterocycles. The second kappa shape index (κ2) is 7.58. The van der Waals surface area contributed by atoms with Crippen molar-refractivity contribution in [3.63, 3.8) is 0 Å². The van der Waals surface area contributed by atoms with Crippen LogP contribution in [0.1, 0.15) is 53.4 Å². The molecule has 1 heterocycles. The highest BCUT2D eigenvalue weighted by atomic mass is 16.6. The van der Waals surface area contributed by atoms with Crippen LogP contribution in [0.4, 0.5) is 0 Å². The first-order chi connectivity index (χ1) is 11.6. The quantitative estimate of drug-likeness (QED) is 0.440. The molecule has 0 spiro atoms. The van der Waals surface area contributed by atoms with Crippen molar-refractivity contribution >= 4 is 17.9 Å². The van der Waals surface area contributed by atoms with E-state index in [-0.39, 0.29) is 23.7 Å². The number of esters is 3. The lowest BCUT2D eigenvalue weighted by Crippen LogP contribution is -2.37. The molecule has 6 heteroatoms. The van der Waals surface area contributed by atoms with Gasteiger partial charge in [0, 0.05) is 5.57 Å². The second-order valence-corrected chi connectivity index (χ2v) is 8.12. The fourth-order valence-corrected chi connectivity index (χ4v) is 3.34. The molecule has 25 heavy (non-hydrogen) atoms. The van der Waals surface area contributed by atoms with Crippen molar-refractivity contribution in [1.82, 2.24) is 0 Å². The molecule has 2 fully saturated rings. The zero-order chi connectivity index (χ0) is 18.8. The van der Waals surface area contributed by atoms with Gasteiger partial charge in [0.1, 0.15) is 18.6 Å². The molecule has 0 bridgehead atoms. The molecule has 2 rings (SSSR count). The fraction of sp³-hybridized carbons (Fsp3) is 0.737. The fourth-order valence-electron chi connectivity index (χ4n) is 3.34. The van der Waals surface area contributed by atoms with Crippen LogP contribution in [0.15, 0.2) is 12.2 Å². The molecule has 1 aliphatic carbocycles. The minimum absolute atomic E-state index is 0.122. The topological polar surface area (TPSA) is 78.9 Å². The van der Waals surface area contributed by atoms with Gasteiger partial charge >= 0.3 is 17.9 Å². The number of carbonyl (C=O) groups excluding carboxylic acids is 3. The van der Waals surface area contributed by atoms with E-state index in [0.717, 1.165) is 25.7 Å². The minimum Gasteiger partial charge on any atom is -0.462 e. The van der Waals surface area contributed by atoms with E-state index >= 15 is 0 Å². The van der Waals surface area contributed by atoms with Crippen LogP contribution in [0.5, 0.6) is 0 Å². The molecule has 2 unspecified atom stereocenters. The minimum atomic E-state index is -1.25. The van der Waals surface area contributed by atoms with Gasteiger partial charge in [-0.05, 0) is 43.9 Å². The van der Waals surface area contributed by atoms with Crippen molar-refractivity contribution in [2.45, 2.75) is 65.6 Å². The maximum absolute atomic E-state index is 12.4. The first-order valence-electron chi connectivity index (χ1n) is 8.83. The van der Waals surface area contributed by atoms with Crippen molar-refractivity contribution < 1.29 is 28.6 Å². The Morgan fingerprint density at radius 1 is 1.12 bits per heavy atom. The van der Waals surface area contributed by atoms with Crippen LogP contribution in [0.3, 0.4) is 0 Å². The third-order valence-corrected chi connectivity index (χ3v) is 5.07. The van der Waals surface area contributed by atoms with Crippen molar-refractivity contribution in [3.05, 3.63) is 12.2 Å². The van der Waals surface area contributed by atoms with Crippen LogP contribution in [0.2, 0.25) is 0 Å². The third-order valence-electron chi connectivity index (χ3n) is 5.07. The van der Waals surface area contributed by atoms with E-state index in [1.807, 2.05) is 0 Å². The van der Waals surface area contributed by atoms with Crippen LogP contribution < -0.4 is 0 Å². The van der Waals surface area contributed by atoms with Gasteiger partial charge in [-0.2, -0.15) is 0 Å². The standard InChI is InChI=1S/C19H28O6/c1-11(2)16(20)25-15-14(10-23-18(15)22)17(21)24-13-8-6-12(7-9-13)19(3,4)5/h12-15H,1,6-10H2,2-5H3. The number of carbonyl (C=O) groups is 3. The number of hydrogen-bond donors (Lipinski definition) is 0. The molecule has 0 amide bonds. The van der Waals surface area contributed by atoms with Crippen molar-refractivity contribution in [3.8, 4) is 0 Å². The van der Waals surface area contributed by atoms with E-state index in [1.54, 1.807) is 0 Å². The lowest BCUT2D eigenvalue weighted by molar-refractivity contribution is -0.166. The number of ether oxygens (including phenoxy) is 3. The summed E-state index contributed by atoms with van der Waals surface area (Å²) in [5.74, 6) is -2.26. The summed E-state index contributed by atoms with van der Waals surface area (Å²) in [7, 11) is 0. The first-order valence-corrected chi connectivity index (χ1v) is 8.83.